The van der Waals surface area contributed by atoms with Gasteiger partial charge in [-0.25, -0.2) is 0 Å². The van der Waals surface area contributed by atoms with Crippen LogP contribution in [0.3, 0.4) is 0 Å². The van der Waals surface area contributed by atoms with E-state index in [2.05, 4.69) is 28.5 Å². The van der Waals surface area contributed by atoms with Crippen molar-refractivity contribution < 1.29 is 14.3 Å². The number of nitrogens with one attached hydrogen (secondary N) is 1. The Hall–Kier alpha value is -3.13. The van der Waals surface area contributed by atoms with Gasteiger partial charge in [-0.15, -0.1) is 10.2 Å². The number of amides is 1. The average molecular weight is 453 g/mol. The van der Waals surface area contributed by atoms with E-state index in [-0.39, 0.29) is 23.5 Å². The molecule has 1 atom stereocenters. The average Bonchev–Trinajstić information content (AvgIpc) is 3.18. The van der Waals surface area contributed by atoms with E-state index in [0.29, 0.717) is 28.8 Å². The number of hydrogen-bond donors (Lipinski definition) is 1. The lowest BCUT2D eigenvalue weighted by Gasteiger charge is -2.17. The topological polar surface area (TPSA) is 86.1 Å². The Labute approximate surface area is 192 Å². The number of thioether (sulfide) groups is 1. The molecule has 2 aromatic carbocycles. The zero-order valence-electron chi connectivity index (χ0n) is 19.0. The fraction of sp³-hybridized carbons (Fsp3) is 0.333. The van der Waals surface area contributed by atoms with E-state index >= 15 is 0 Å². The van der Waals surface area contributed by atoms with E-state index < -0.39 is 0 Å². The number of ketones is 1. The number of Topliss-reactive ketones (excluding diaryl/α,β-unsaturated/α-hetero) is 1. The monoisotopic (exact) mass is 452 g/mol. The maximum Gasteiger partial charge on any atom is 0.234 e. The summed E-state index contributed by atoms with van der Waals surface area (Å²) in [6, 6.07) is 12.9. The molecule has 3 aromatic rings. The lowest BCUT2D eigenvalue weighted by atomic mass is 10.1. The Balaban J connectivity index is 1.65. The first-order valence-corrected chi connectivity index (χ1v) is 11.5. The molecular formula is C24H28N4O3S. The van der Waals surface area contributed by atoms with Gasteiger partial charge in [0.1, 0.15) is 5.75 Å². The van der Waals surface area contributed by atoms with Crippen LogP contribution in [0.25, 0.3) is 0 Å². The first kappa shape index (κ1) is 23.5. The van der Waals surface area contributed by atoms with Crippen molar-refractivity contribution >= 4 is 29.1 Å². The first-order valence-electron chi connectivity index (χ1n) is 10.5. The Morgan fingerprint density at radius 2 is 1.91 bits per heavy atom. The molecule has 1 unspecified atom stereocenters. The van der Waals surface area contributed by atoms with Crippen molar-refractivity contribution in [3.8, 4) is 5.75 Å². The number of nitrogens with zero attached hydrogens (tertiary/aromatic N) is 3. The highest BCUT2D eigenvalue weighted by Crippen LogP contribution is 2.28. The molecule has 0 aliphatic carbocycles. The molecule has 1 heterocycles. The number of hydrogen-bond acceptors (Lipinski definition) is 6. The Morgan fingerprint density at radius 3 is 2.62 bits per heavy atom. The van der Waals surface area contributed by atoms with Crippen LogP contribution in [0.4, 0.5) is 5.69 Å². The van der Waals surface area contributed by atoms with Gasteiger partial charge in [-0.2, -0.15) is 0 Å². The molecule has 168 valence electrons. The molecular weight excluding hydrogens is 424 g/mol. The number of aryl methyl sites for hydroxylation is 1. The minimum Gasteiger partial charge on any atom is -0.482 e. The van der Waals surface area contributed by atoms with Crippen molar-refractivity contribution in [3.05, 3.63) is 65.0 Å². The minimum absolute atomic E-state index is 0.0451. The van der Waals surface area contributed by atoms with Gasteiger partial charge in [0.2, 0.25) is 5.91 Å². The van der Waals surface area contributed by atoms with Crippen LogP contribution in [0.2, 0.25) is 0 Å². The molecule has 8 heteroatoms. The summed E-state index contributed by atoms with van der Waals surface area (Å²) < 4.78 is 8.13. The van der Waals surface area contributed by atoms with E-state index in [9.17, 15) is 9.59 Å². The zero-order valence-corrected chi connectivity index (χ0v) is 19.8. The second-order valence-electron chi connectivity index (χ2n) is 7.52. The van der Waals surface area contributed by atoms with Gasteiger partial charge in [-0.3, -0.25) is 9.59 Å². The van der Waals surface area contributed by atoms with Gasteiger partial charge < -0.3 is 14.6 Å². The highest BCUT2D eigenvalue weighted by atomic mass is 32.2. The van der Waals surface area contributed by atoms with Crippen LogP contribution >= 0.6 is 11.8 Å². The van der Waals surface area contributed by atoms with E-state index in [0.717, 1.165) is 11.3 Å². The largest absolute Gasteiger partial charge is 0.482 e. The summed E-state index contributed by atoms with van der Waals surface area (Å²) in [5.41, 5.74) is 3.42. The van der Waals surface area contributed by atoms with Crippen LogP contribution in [0.5, 0.6) is 5.75 Å². The van der Waals surface area contributed by atoms with E-state index in [1.165, 1.54) is 24.2 Å². The summed E-state index contributed by atoms with van der Waals surface area (Å²) >= 11 is 1.31. The molecule has 1 amide bonds. The smallest absolute Gasteiger partial charge is 0.234 e. The fourth-order valence-electron chi connectivity index (χ4n) is 3.24. The number of carbonyl (C=O) groups excluding carboxylic acids is 2. The van der Waals surface area contributed by atoms with Crippen LogP contribution < -0.4 is 10.1 Å². The Bertz CT molecular complexity index is 1130. The molecule has 0 fully saturated rings. The summed E-state index contributed by atoms with van der Waals surface area (Å²) in [5.74, 6) is 1.49. The van der Waals surface area contributed by atoms with Crippen LogP contribution in [0.15, 0.2) is 47.6 Å². The third-order valence-electron chi connectivity index (χ3n) is 5.17. The van der Waals surface area contributed by atoms with Crippen LogP contribution in [-0.2, 0) is 11.3 Å². The molecule has 3 rings (SSSR count). The molecule has 32 heavy (non-hydrogen) atoms. The highest BCUT2D eigenvalue weighted by Gasteiger charge is 2.20. The van der Waals surface area contributed by atoms with E-state index in [1.807, 2.05) is 37.5 Å². The van der Waals surface area contributed by atoms with Gasteiger partial charge in [0, 0.05) is 17.8 Å². The molecule has 0 aliphatic heterocycles. The van der Waals surface area contributed by atoms with Crippen molar-refractivity contribution in [1.82, 2.24) is 14.8 Å². The highest BCUT2D eigenvalue weighted by molar-refractivity contribution is 7.99. The summed E-state index contributed by atoms with van der Waals surface area (Å²) in [6.45, 7) is 10.2. The quantitative estimate of drug-likeness (QED) is 0.364. The molecule has 7 nitrogen and oxygen atoms in total. The normalized spacial score (nSPS) is 11.8. The Morgan fingerprint density at radius 1 is 1.16 bits per heavy atom. The van der Waals surface area contributed by atoms with Crippen LogP contribution in [0.1, 0.15) is 54.2 Å². The fourth-order valence-corrected chi connectivity index (χ4v) is 4.05. The van der Waals surface area contributed by atoms with Crippen LogP contribution in [0, 0.1) is 13.8 Å². The van der Waals surface area contributed by atoms with Crippen molar-refractivity contribution in [1.29, 1.82) is 0 Å². The molecule has 0 aliphatic rings. The predicted molar refractivity (Wildman–Crippen MR) is 126 cm³/mol. The molecule has 0 saturated carbocycles. The van der Waals surface area contributed by atoms with Crippen molar-refractivity contribution in [2.45, 2.75) is 52.4 Å². The molecule has 0 saturated heterocycles. The van der Waals surface area contributed by atoms with Crippen LogP contribution in [-0.4, -0.2) is 32.2 Å². The second-order valence-corrected chi connectivity index (χ2v) is 8.46. The molecule has 0 radical (unpaired) electrons. The summed E-state index contributed by atoms with van der Waals surface area (Å²) in [4.78, 5) is 23.9. The summed E-state index contributed by atoms with van der Waals surface area (Å²) in [6.07, 6.45) is -0.291. The van der Waals surface area contributed by atoms with Gasteiger partial charge in [-0.05, 0) is 63.9 Å². The molecule has 1 aromatic heterocycles. The number of aromatic nitrogens is 3. The Kier molecular flexibility index (Phi) is 7.69. The van der Waals surface area contributed by atoms with Gasteiger partial charge in [0.25, 0.3) is 0 Å². The third kappa shape index (κ3) is 5.56. The second kappa shape index (κ2) is 10.5. The van der Waals surface area contributed by atoms with Gasteiger partial charge in [-0.1, -0.05) is 36.0 Å². The van der Waals surface area contributed by atoms with E-state index in [4.69, 9.17) is 4.74 Å². The summed E-state index contributed by atoms with van der Waals surface area (Å²) in [5, 5.41) is 12.1. The lowest BCUT2D eigenvalue weighted by molar-refractivity contribution is -0.113. The molecule has 0 spiro atoms. The lowest BCUT2D eigenvalue weighted by Crippen LogP contribution is -2.15. The van der Waals surface area contributed by atoms with Gasteiger partial charge in [0.15, 0.2) is 22.9 Å². The first-order chi connectivity index (χ1) is 15.3. The van der Waals surface area contributed by atoms with Gasteiger partial charge in [0.05, 0.1) is 5.75 Å². The standard InChI is InChI=1S/C24H28N4O3S/c1-6-28-23(18(5)31-21-12-7-9-15(2)16(21)3)26-27-24(28)32-14-22(30)25-20-11-8-10-19(13-20)17(4)29/h7-13,18H,6,14H2,1-5H3,(H,25,30). The van der Waals surface area contributed by atoms with Crippen molar-refractivity contribution in [2.24, 2.45) is 0 Å². The van der Waals surface area contributed by atoms with Crippen molar-refractivity contribution in [2.75, 3.05) is 11.1 Å². The van der Waals surface area contributed by atoms with Gasteiger partial charge >= 0.3 is 0 Å². The maximum absolute atomic E-state index is 12.4. The SMILES string of the molecule is CCn1c(SCC(=O)Nc2cccc(C(C)=O)c2)nnc1C(C)Oc1cccc(C)c1C. The number of benzene rings is 2. The number of anilines is 1. The third-order valence-corrected chi connectivity index (χ3v) is 6.14. The molecule has 0 bridgehead atoms. The number of carbonyl (C=O) groups is 2. The minimum atomic E-state index is -0.291. The molecule has 1 N–H and O–H groups in total. The predicted octanol–water partition coefficient (Wildman–Crippen LogP) is 4.99. The number of rotatable bonds is 9. The zero-order chi connectivity index (χ0) is 23.3. The maximum atomic E-state index is 12.4. The number of ether oxygens (including phenoxy) is 1. The van der Waals surface area contributed by atoms with E-state index in [1.54, 1.807) is 24.3 Å². The van der Waals surface area contributed by atoms with Crippen molar-refractivity contribution in [3.63, 3.8) is 0 Å². The summed E-state index contributed by atoms with van der Waals surface area (Å²) in [7, 11) is 0.